The van der Waals surface area contributed by atoms with Gasteiger partial charge in [-0.25, -0.2) is 4.98 Å². The second-order valence-electron chi connectivity index (χ2n) is 5.65. The molecule has 0 spiro atoms. The van der Waals surface area contributed by atoms with Crippen LogP contribution in [0.3, 0.4) is 0 Å². The van der Waals surface area contributed by atoms with E-state index in [-0.39, 0.29) is 0 Å². The Bertz CT molecular complexity index is 622. The van der Waals surface area contributed by atoms with Gasteiger partial charge >= 0.3 is 0 Å². The van der Waals surface area contributed by atoms with Gasteiger partial charge in [-0.15, -0.1) is 11.3 Å². The van der Waals surface area contributed by atoms with Crippen LogP contribution in [0.25, 0.3) is 0 Å². The highest BCUT2D eigenvalue weighted by molar-refractivity contribution is 9.10. The van der Waals surface area contributed by atoms with Crippen molar-refractivity contribution in [2.75, 3.05) is 11.9 Å². The minimum atomic E-state index is 0.744. The Morgan fingerprint density at radius 2 is 2.24 bits per heavy atom. The summed E-state index contributed by atoms with van der Waals surface area (Å²) in [6.45, 7) is 3.92. The molecular weight excluding hydrogens is 346 g/mol. The molecule has 1 fully saturated rings. The molecule has 0 saturated heterocycles. The van der Waals surface area contributed by atoms with Crippen LogP contribution in [0.1, 0.15) is 29.0 Å². The van der Waals surface area contributed by atoms with E-state index < -0.39 is 0 Å². The van der Waals surface area contributed by atoms with E-state index in [1.165, 1.54) is 33.4 Å². The first-order valence-electron chi connectivity index (χ1n) is 7.25. The molecule has 1 saturated carbocycles. The summed E-state index contributed by atoms with van der Waals surface area (Å²) >= 11 is 5.43. The number of aromatic nitrogens is 1. The van der Waals surface area contributed by atoms with Gasteiger partial charge in [-0.05, 0) is 37.5 Å². The number of aryl methyl sites for hydroxylation is 1. The first kappa shape index (κ1) is 15.0. The molecule has 5 heteroatoms. The average molecular weight is 366 g/mol. The molecule has 0 unspecified atom stereocenters. The maximum Gasteiger partial charge on any atom is 0.0798 e. The number of rotatable bonds is 6. The third-order valence-electron chi connectivity index (χ3n) is 3.86. The van der Waals surface area contributed by atoms with E-state index in [2.05, 4.69) is 63.3 Å². The summed E-state index contributed by atoms with van der Waals surface area (Å²) in [5.74, 6) is 0. The van der Waals surface area contributed by atoms with Crippen molar-refractivity contribution in [2.24, 2.45) is 0 Å². The molecule has 0 bridgehead atoms. The van der Waals surface area contributed by atoms with E-state index in [1.54, 1.807) is 11.3 Å². The second kappa shape index (κ2) is 6.46. The van der Waals surface area contributed by atoms with E-state index in [9.17, 15) is 0 Å². The van der Waals surface area contributed by atoms with Crippen LogP contribution in [-0.4, -0.2) is 18.1 Å². The summed E-state index contributed by atoms with van der Waals surface area (Å²) in [5.41, 5.74) is 5.61. The second-order valence-corrected chi connectivity index (χ2v) is 7.44. The number of hydrogen-bond acceptors (Lipinski definition) is 4. The number of benzene rings is 1. The minimum absolute atomic E-state index is 0.744. The summed E-state index contributed by atoms with van der Waals surface area (Å²) < 4.78 is 1.18. The van der Waals surface area contributed by atoms with E-state index in [0.29, 0.717) is 0 Å². The van der Waals surface area contributed by atoms with Gasteiger partial charge in [0.05, 0.1) is 17.7 Å². The van der Waals surface area contributed by atoms with Crippen molar-refractivity contribution in [3.63, 3.8) is 0 Å². The Kier molecular flexibility index (Phi) is 4.62. The Balaban J connectivity index is 1.66. The average Bonchev–Trinajstić information content (AvgIpc) is 3.21. The molecule has 1 aromatic heterocycles. The van der Waals surface area contributed by atoms with Crippen molar-refractivity contribution in [1.29, 1.82) is 0 Å². The van der Waals surface area contributed by atoms with Crippen molar-refractivity contribution >= 4 is 33.0 Å². The fraction of sp³-hybridized carbons (Fsp3) is 0.438. The molecule has 112 valence electrons. The van der Waals surface area contributed by atoms with Crippen LogP contribution in [0, 0.1) is 6.92 Å². The lowest BCUT2D eigenvalue weighted by Crippen LogP contribution is -2.18. The van der Waals surface area contributed by atoms with E-state index >= 15 is 0 Å². The van der Waals surface area contributed by atoms with Crippen LogP contribution in [0.4, 0.5) is 5.69 Å². The highest BCUT2D eigenvalue weighted by atomic mass is 79.9. The number of anilines is 1. The number of nitrogens with zero attached hydrogens (tertiary/aromatic N) is 2. The van der Waals surface area contributed by atoms with Gasteiger partial charge in [0.25, 0.3) is 0 Å². The molecule has 1 aromatic carbocycles. The third-order valence-corrected chi connectivity index (χ3v) is 5.52. The van der Waals surface area contributed by atoms with Gasteiger partial charge in [0, 0.05) is 34.7 Å². The van der Waals surface area contributed by atoms with Gasteiger partial charge in [0.2, 0.25) is 0 Å². The number of thiazole rings is 1. The third kappa shape index (κ3) is 3.84. The topological polar surface area (TPSA) is 28.2 Å². The standard InChI is InChI=1S/C16H20BrN3S/c1-11-16(21-10-19-11)9-20(2)14-6-3-12(15(17)7-14)8-18-13-4-5-13/h3,6-7,10,13,18H,4-5,8-9H2,1-2H3. The van der Waals surface area contributed by atoms with Crippen molar-refractivity contribution < 1.29 is 0 Å². The summed E-state index contributed by atoms with van der Waals surface area (Å²) in [7, 11) is 2.13. The predicted octanol–water partition coefficient (Wildman–Crippen LogP) is 4.10. The Morgan fingerprint density at radius 3 is 2.86 bits per heavy atom. The molecule has 3 rings (SSSR count). The molecular formula is C16H20BrN3S. The normalized spacial score (nSPS) is 14.4. The van der Waals surface area contributed by atoms with Gasteiger partial charge in [0.1, 0.15) is 0 Å². The molecule has 1 heterocycles. The molecule has 1 aliphatic rings. The highest BCUT2D eigenvalue weighted by Gasteiger charge is 2.20. The Labute approximate surface area is 138 Å². The van der Waals surface area contributed by atoms with Gasteiger partial charge in [-0.1, -0.05) is 22.0 Å². The summed E-state index contributed by atoms with van der Waals surface area (Å²) in [5, 5.41) is 3.56. The quantitative estimate of drug-likeness (QED) is 0.834. The van der Waals surface area contributed by atoms with Crippen LogP contribution in [-0.2, 0) is 13.1 Å². The van der Waals surface area contributed by atoms with Crippen LogP contribution in [0.15, 0.2) is 28.2 Å². The van der Waals surface area contributed by atoms with E-state index in [1.807, 2.05) is 5.51 Å². The summed E-state index contributed by atoms with van der Waals surface area (Å²) in [6, 6.07) is 7.37. The minimum Gasteiger partial charge on any atom is -0.369 e. The molecule has 0 amide bonds. The molecule has 0 radical (unpaired) electrons. The van der Waals surface area contributed by atoms with E-state index in [0.717, 1.165) is 24.8 Å². The van der Waals surface area contributed by atoms with Crippen LogP contribution in [0.2, 0.25) is 0 Å². The molecule has 2 aromatic rings. The van der Waals surface area contributed by atoms with Crippen LogP contribution in [0.5, 0.6) is 0 Å². The van der Waals surface area contributed by atoms with Crippen molar-refractivity contribution in [2.45, 2.75) is 38.9 Å². The van der Waals surface area contributed by atoms with Gasteiger partial charge in [-0.3, -0.25) is 0 Å². The SMILES string of the molecule is Cc1ncsc1CN(C)c1ccc(CNC2CC2)c(Br)c1. The van der Waals surface area contributed by atoms with Crippen molar-refractivity contribution in [1.82, 2.24) is 10.3 Å². The largest absolute Gasteiger partial charge is 0.369 e. The molecule has 1 N–H and O–H groups in total. The van der Waals surface area contributed by atoms with Crippen LogP contribution < -0.4 is 10.2 Å². The first-order chi connectivity index (χ1) is 10.1. The molecule has 1 aliphatic carbocycles. The smallest absolute Gasteiger partial charge is 0.0798 e. The molecule has 3 nitrogen and oxygen atoms in total. The first-order valence-corrected chi connectivity index (χ1v) is 8.92. The maximum atomic E-state index is 4.32. The van der Waals surface area contributed by atoms with E-state index in [4.69, 9.17) is 0 Å². The number of halogens is 1. The van der Waals surface area contributed by atoms with Crippen LogP contribution >= 0.6 is 27.3 Å². The van der Waals surface area contributed by atoms with Gasteiger partial charge < -0.3 is 10.2 Å². The number of nitrogens with one attached hydrogen (secondary N) is 1. The lowest BCUT2D eigenvalue weighted by atomic mass is 10.2. The molecule has 0 atom stereocenters. The molecule has 21 heavy (non-hydrogen) atoms. The maximum absolute atomic E-state index is 4.32. The zero-order valence-electron chi connectivity index (χ0n) is 12.4. The fourth-order valence-electron chi connectivity index (χ4n) is 2.24. The van der Waals surface area contributed by atoms with Gasteiger partial charge in [-0.2, -0.15) is 0 Å². The lowest BCUT2D eigenvalue weighted by molar-refractivity contribution is 0.686. The van der Waals surface area contributed by atoms with Crippen molar-refractivity contribution in [3.8, 4) is 0 Å². The zero-order chi connectivity index (χ0) is 14.8. The molecule has 0 aliphatic heterocycles. The Morgan fingerprint density at radius 1 is 1.43 bits per heavy atom. The fourth-order valence-corrected chi connectivity index (χ4v) is 3.58. The zero-order valence-corrected chi connectivity index (χ0v) is 14.8. The highest BCUT2D eigenvalue weighted by Crippen LogP contribution is 2.27. The monoisotopic (exact) mass is 365 g/mol. The van der Waals surface area contributed by atoms with Gasteiger partial charge in [0.15, 0.2) is 0 Å². The number of hydrogen-bond donors (Lipinski definition) is 1. The summed E-state index contributed by atoms with van der Waals surface area (Å²) in [4.78, 5) is 7.91. The predicted molar refractivity (Wildman–Crippen MR) is 93.0 cm³/mol. The Hall–Kier alpha value is -0.910. The summed E-state index contributed by atoms with van der Waals surface area (Å²) in [6.07, 6.45) is 2.65. The lowest BCUT2D eigenvalue weighted by Gasteiger charge is -2.20. The van der Waals surface area contributed by atoms with Crippen molar-refractivity contribution in [3.05, 3.63) is 44.3 Å².